The van der Waals surface area contributed by atoms with Gasteiger partial charge >= 0.3 is 0 Å². The highest BCUT2D eigenvalue weighted by Crippen LogP contribution is 2.24. The van der Waals surface area contributed by atoms with Gasteiger partial charge in [-0.3, -0.25) is 67.3 Å². The molecular weight excluding hydrogens is 1250 g/mol. The zero-order chi connectivity index (χ0) is 70.1. The van der Waals surface area contributed by atoms with Crippen molar-refractivity contribution in [1.82, 2.24) is 52.3 Å². The number of hydrogen-bond donors (Lipinski definition) is 15. The summed E-state index contributed by atoms with van der Waals surface area (Å²) in [4.78, 5) is 185. The van der Waals surface area contributed by atoms with Crippen LogP contribution in [0.5, 0.6) is 0 Å². The summed E-state index contributed by atoms with van der Waals surface area (Å²) < 4.78 is 0. The number of nitrogens with two attached hydrogens (primary N) is 7. The number of thioether (sulfide) groups is 1. The van der Waals surface area contributed by atoms with Crippen LogP contribution in [0, 0.1) is 5.92 Å². The van der Waals surface area contributed by atoms with E-state index in [1.165, 1.54) is 21.6 Å². The molecule has 0 radical (unpaired) electrons. The molecular formula is C63H98N18O13S. The molecule has 32 heteroatoms. The second-order valence-electron chi connectivity index (χ2n) is 24.1. The van der Waals surface area contributed by atoms with Gasteiger partial charge in [0, 0.05) is 45.3 Å². The number of rotatable bonds is 42. The second kappa shape index (κ2) is 41.0. The monoisotopic (exact) mass is 1350 g/mol. The van der Waals surface area contributed by atoms with Crippen LogP contribution in [-0.2, 0) is 75.2 Å². The van der Waals surface area contributed by atoms with Crippen molar-refractivity contribution >= 4 is 94.5 Å². The van der Waals surface area contributed by atoms with E-state index in [-0.39, 0.29) is 83.0 Å². The number of hydrogen-bond acceptors (Lipinski definition) is 17. The first-order valence-corrected chi connectivity index (χ1v) is 33.6. The largest absolute Gasteiger partial charge is 0.370 e. The topological polar surface area (TPSA) is 519 Å². The number of nitrogens with zero attached hydrogens (tertiary/aromatic N) is 3. The van der Waals surface area contributed by atoms with Gasteiger partial charge in [0.15, 0.2) is 5.96 Å². The number of carbonyl (C=O) groups is 13. The van der Waals surface area contributed by atoms with Gasteiger partial charge in [-0.15, -0.1) is 0 Å². The molecule has 31 nitrogen and oxygen atoms in total. The predicted molar refractivity (Wildman–Crippen MR) is 356 cm³/mol. The Balaban J connectivity index is 1.56. The van der Waals surface area contributed by atoms with E-state index < -0.39 is 169 Å². The van der Waals surface area contributed by atoms with E-state index in [0.29, 0.717) is 55.4 Å². The molecule has 95 heavy (non-hydrogen) atoms. The lowest BCUT2D eigenvalue weighted by Crippen LogP contribution is -2.60. The molecule has 2 heterocycles. The van der Waals surface area contributed by atoms with Crippen molar-refractivity contribution < 1.29 is 62.3 Å². The minimum absolute atomic E-state index is 0.0736. The summed E-state index contributed by atoms with van der Waals surface area (Å²) in [6, 6.07) is 4.51. The number of aliphatic imine (C=N–C) groups is 1. The smallest absolute Gasteiger partial charge is 0.245 e. The molecule has 0 spiro atoms. The minimum Gasteiger partial charge on any atom is -0.370 e. The highest BCUT2D eigenvalue weighted by Gasteiger charge is 2.42. The van der Waals surface area contributed by atoms with Gasteiger partial charge in [0.25, 0.3) is 0 Å². The average Bonchev–Trinajstić information content (AvgIpc) is 1.74. The lowest BCUT2D eigenvalue weighted by molar-refractivity contribution is -0.144. The van der Waals surface area contributed by atoms with Crippen LogP contribution in [0.4, 0.5) is 0 Å². The van der Waals surface area contributed by atoms with Gasteiger partial charge in [0.05, 0.1) is 12.6 Å². The van der Waals surface area contributed by atoms with Crippen molar-refractivity contribution in [2.45, 2.75) is 183 Å². The van der Waals surface area contributed by atoms with E-state index in [2.05, 4.69) is 47.5 Å². The minimum atomic E-state index is -1.64. The Bertz CT molecular complexity index is 2960. The van der Waals surface area contributed by atoms with Crippen LogP contribution in [0.1, 0.15) is 121 Å². The lowest BCUT2D eigenvalue weighted by atomic mass is 10.0. The molecule has 2 aliphatic rings. The summed E-state index contributed by atoms with van der Waals surface area (Å²) in [6.07, 6.45) is 3.12. The Morgan fingerprint density at radius 3 is 1.51 bits per heavy atom. The van der Waals surface area contributed by atoms with Crippen molar-refractivity contribution in [2.75, 3.05) is 44.7 Å². The van der Waals surface area contributed by atoms with Crippen molar-refractivity contribution in [3.05, 3.63) is 71.8 Å². The number of benzene rings is 2. The Labute approximate surface area is 558 Å². The highest BCUT2D eigenvalue weighted by atomic mass is 32.2. The first kappa shape index (κ1) is 78.5. The van der Waals surface area contributed by atoms with Crippen LogP contribution >= 0.6 is 11.8 Å². The SMILES string of the molecule is CSCC[C@H](NC(=O)[C@@H](CC(C)C)NC(=O)CNC(=O)[C@H](Cc1ccccc1)NC(=O)[C@@H](Cc1ccccc1)NC(=O)[C@H](CCC(N)=O)NC(=O)[C@@H](CCC(N)=O)NC(=O)[C@H]1CCCN1C(=O)[C@H](CCCCN)NC(=O)[C@@H]1CCCN1C(=O)[C@H](N)CCCN=C(N)N)C(N)=O. The van der Waals surface area contributed by atoms with Crippen molar-refractivity contribution in [1.29, 1.82) is 0 Å². The van der Waals surface area contributed by atoms with Gasteiger partial charge in [-0.1, -0.05) is 74.5 Å². The highest BCUT2D eigenvalue weighted by molar-refractivity contribution is 7.98. The summed E-state index contributed by atoms with van der Waals surface area (Å²) in [5.74, 6) is -9.80. The summed E-state index contributed by atoms with van der Waals surface area (Å²) in [5.41, 5.74) is 40.6. The third kappa shape index (κ3) is 27.5. The quantitative estimate of drug-likeness (QED) is 0.0173. The summed E-state index contributed by atoms with van der Waals surface area (Å²) in [5, 5.41) is 21.1. The van der Waals surface area contributed by atoms with Crippen LogP contribution in [0.3, 0.4) is 0 Å². The normalized spacial score (nSPS) is 16.8. The third-order valence-electron chi connectivity index (χ3n) is 16.0. The molecule has 4 rings (SSSR count). The van der Waals surface area contributed by atoms with Gasteiger partial charge in [-0.2, -0.15) is 11.8 Å². The average molecular weight is 1350 g/mol. The molecule has 0 aliphatic carbocycles. The summed E-state index contributed by atoms with van der Waals surface area (Å²) in [6.45, 7) is 3.86. The number of guanidine groups is 1. The molecule has 0 aromatic heterocycles. The fraction of sp³-hybridized carbons (Fsp3) is 0.587. The predicted octanol–water partition coefficient (Wildman–Crippen LogP) is -3.71. The molecule has 0 bridgehead atoms. The van der Waals surface area contributed by atoms with E-state index in [1.807, 2.05) is 20.1 Å². The summed E-state index contributed by atoms with van der Waals surface area (Å²) >= 11 is 1.45. The Hall–Kier alpha value is -8.91. The Morgan fingerprint density at radius 1 is 0.537 bits per heavy atom. The van der Waals surface area contributed by atoms with E-state index >= 15 is 0 Å². The third-order valence-corrected chi connectivity index (χ3v) is 16.7. The van der Waals surface area contributed by atoms with Crippen LogP contribution in [0.25, 0.3) is 0 Å². The van der Waals surface area contributed by atoms with Crippen molar-refractivity contribution in [3.63, 3.8) is 0 Å². The molecule has 2 aromatic carbocycles. The molecule has 2 aromatic rings. The van der Waals surface area contributed by atoms with Crippen LogP contribution < -0.4 is 82.7 Å². The number of carbonyl (C=O) groups excluding carboxylic acids is 13. The number of primary amides is 3. The summed E-state index contributed by atoms with van der Waals surface area (Å²) in [7, 11) is 0. The second-order valence-corrected chi connectivity index (χ2v) is 25.1. The molecule has 2 fully saturated rings. The number of likely N-dealkylation sites (tertiary alicyclic amines) is 2. The molecule has 0 unspecified atom stereocenters. The van der Waals surface area contributed by atoms with Gasteiger partial charge in [0.2, 0.25) is 76.8 Å². The van der Waals surface area contributed by atoms with E-state index in [4.69, 9.17) is 40.1 Å². The molecule has 13 amide bonds. The standard InChI is InChI=1S/C63H98N18O13S/c1-37(2)33-45(57(89)74-41(53(68)85)27-32-95-3)73-52(84)36-72-54(86)46(34-38-15-6-4-7-16-38)78-58(90)47(35-39-17-8-5-9-18-39)79-56(88)42(23-25-50(66)82)75-55(87)43(24-26-51(67)83)76-59(91)49-22-14-31-81(49)62(94)44(20-10-11-28-64)77-60(92)48-21-13-30-80(48)61(93)40(65)19-12-29-71-63(69)70/h4-9,15-18,37,40-49H,10-14,19-36,64-65H2,1-3H3,(H2,66,82)(H2,67,83)(H2,68,85)(H,72,86)(H,73,84)(H,74,89)(H,75,87)(H,76,91)(H,77,92)(H,78,90)(H,79,88)(H4,69,70,71)/t40-,41+,42+,43-,44+,45-,46+,47-,48+,49-/m1/s1. The maximum Gasteiger partial charge on any atom is 0.245 e. The van der Waals surface area contributed by atoms with E-state index in [1.54, 1.807) is 60.7 Å². The zero-order valence-corrected chi connectivity index (χ0v) is 55.3. The molecule has 2 aliphatic heterocycles. The maximum absolute atomic E-state index is 14.7. The first-order valence-electron chi connectivity index (χ1n) is 32.2. The van der Waals surface area contributed by atoms with Gasteiger partial charge in [0.1, 0.15) is 54.4 Å². The Morgan fingerprint density at radius 2 is 1.01 bits per heavy atom. The molecule has 10 atom stereocenters. The Kier molecular flexibility index (Phi) is 33.9. The number of unbranched alkanes of at least 4 members (excludes halogenated alkanes) is 1. The van der Waals surface area contributed by atoms with Crippen LogP contribution in [0.15, 0.2) is 65.7 Å². The number of amides is 13. The van der Waals surface area contributed by atoms with Crippen molar-refractivity contribution in [3.8, 4) is 0 Å². The van der Waals surface area contributed by atoms with Gasteiger partial charge in [-0.05, 0) is 119 Å². The van der Waals surface area contributed by atoms with Gasteiger partial charge < -0.3 is 92.5 Å². The zero-order valence-electron chi connectivity index (χ0n) is 54.5. The van der Waals surface area contributed by atoms with Crippen molar-refractivity contribution in [2.24, 2.45) is 51.0 Å². The first-order chi connectivity index (χ1) is 45.2. The van der Waals surface area contributed by atoms with Gasteiger partial charge in [-0.25, -0.2) is 0 Å². The lowest BCUT2D eigenvalue weighted by Gasteiger charge is -2.32. The number of nitrogens with one attached hydrogen (secondary N) is 8. The molecule has 0 saturated carbocycles. The maximum atomic E-state index is 14.7. The van der Waals surface area contributed by atoms with E-state index in [0.717, 1.165) is 0 Å². The van der Waals surface area contributed by atoms with Crippen LogP contribution in [-0.4, -0.2) is 198 Å². The molecule has 524 valence electrons. The fourth-order valence-corrected chi connectivity index (χ4v) is 11.5. The van der Waals surface area contributed by atoms with E-state index in [9.17, 15) is 62.3 Å². The molecule has 22 N–H and O–H groups in total. The molecule has 2 saturated heterocycles. The van der Waals surface area contributed by atoms with Crippen LogP contribution in [0.2, 0.25) is 0 Å². The fourth-order valence-electron chi connectivity index (χ4n) is 11.0.